The number of carboxylic acid groups (broad SMARTS) is 1. The van der Waals surface area contributed by atoms with Crippen molar-refractivity contribution in [3.63, 3.8) is 0 Å². The molecule has 3 aromatic rings. The highest BCUT2D eigenvalue weighted by Crippen LogP contribution is 2.23. The summed E-state index contributed by atoms with van der Waals surface area (Å²) in [5.41, 5.74) is 5.43. The summed E-state index contributed by atoms with van der Waals surface area (Å²) in [6, 6.07) is 23.7. The predicted octanol–water partition coefficient (Wildman–Crippen LogP) is 5.93. The van der Waals surface area contributed by atoms with Crippen molar-refractivity contribution in [2.75, 3.05) is 13.2 Å². The molecule has 0 aromatic heterocycles. The van der Waals surface area contributed by atoms with Gasteiger partial charge in [0.25, 0.3) is 5.91 Å². The quantitative estimate of drug-likeness (QED) is 0.322. The van der Waals surface area contributed by atoms with Crippen LogP contribution in [0.3, 0.4) is 0 Å². The second-order valence-corrected chi connectivity index (χ2v) is 10.6. The molecule has 1 amide bonds. The second-order valence-electron chi connectivity index (χ2n) is 10.6. The molecule has 202 valence electrons. The van der Waals surface area contributed by atoms with Crippen LogP contribution in [0.5, 0.6) is 5.75 Å². The molecule has 0 saturated carbocycles. The fourth-order valence-corrected chi connectivity index (χ4v) is 4.07. The van der Waals surface area contributed by atoms with Crippen LogP contribution < -0.4 is 4.74 Å². The van der Waals surface area contributed by atoms with Crippen molar-refractivity contribution in [2.45, 2.75) is 65.6 Å². The van der Waals surface area contributed by atoms with Gasteiger partial charge in [0.1, 0.15) is 5.75 Å². The first-order valence-electron chi connectivity index (χ1n) is 13.0. The summed E-state index contributed by atoms with van der Waals surface area (Å²) in [5.74, 6) is -0.550. The topological polar surface area (TPSA) is 76.1 Å². The largest absolute Gasteiger partial charge is 0.484 e. The normalized spacial score (nSPS) is 12.1. The highest BCUT2D eigenvalue weighted by atomic mass is 16.5. The molecule has 1 N–H and O–H groups in total. The van der Waals surface area contributed by atoms with E-state index in [1.54, 1.807) is 31.2 Å². The number of rotatable bonds is 12. The maximum Gasteiger partial charge on any atom is 0.333 e. The lowest BCUT2D eigenvalue weighted by Gasteiger charge is -2.24. The number of ether oxygens (including phenoxy) is 2. The molecule has 0 fully saturated rings. The number of carboxylic acids is 1. The smallest absolute Gasteiger partial charge is 0.333 e. The highest BCUT2D eigenvalue weighted by molar-refractivity contribution is 5.78. The number of hydrogen-bond acceptors (Lipinski definition) is 4. The molecule has 0 bridgehead atoms. The molecule has 0 spiro atoms. The lowest BCUT2D eigenvalue weighted by molar-refractivity contribution is -0.150. The third-order valence-electron chi connectivity index (χ3n) is 6.39. The molecule has 0 heterocycles. The zero-order valence-corrected chi connectivity index (χ0v) is 23.1. The van der Waals surface area contributed by atoms with Crippen LogP contribution in [-0.2, 0) is 39.3 Å². The monoisotopic (exact) mass is 517 g/mol. The summed E-state index contributed by atoms with van der Waals surface area (Å²) in [4.78, 5) is 26.5. The van der Waals surface area contributed by atoms with Gasteiger partial charge in [0.15, 0.2) is 12.7 Å². The van der Waals surface area contributed by atoms with Crippen molar-refractivity contribution in [2.24, 2.45) is 0 Å². The van der Waals surface area contributed by atoms with Crippen molar-refractivity contribution in [1.29, 1.82) is 0 Å². The van der Waals surface area contributed by atoms with E-state index in [0.717, 1.165) is 16.7 Å². The van der Waals surface area contributed by atoms with Crippen molar-refractivity contribution in [3.8, 4) is 5.75 Å². The number of benzene rings is 3. The van der Waals surface area contributed by atoms with Gasteiger partial charge in [-0.1, -0.05) is 87.0 Å². The maximum absolute atomic E-state index is 13.3. The highest BCUT2D eigenvalue weighted by Gasteiger charge is 2.19. The SMILES string of the molecule is CCO[C@@H](Cc1ccc(OCC(=O)N(Cc2ccc(C)cc2)Cc2ccc(C(C)(C)C)cc2)cc1)C(=O)O. The van der Waals surface area contributed by atoms with Gasteiger partial charge in [0.2, 0.25) is 0 Å². The van der Waals surface area contributed by atoms with Crippen LogP contribution in [-0.4, -0.2) is 41.2 Å². The average Bonchev–Trinajstić information content (AvgIpc) is 2.88. The van der Waals surface area contributed by atoms with Gasteiger partial charge in [-0.2, -0.15) is 0 Å². The molecule has 3 rings (SSSR count). The molecular weight excluding hydrogens is 478 g/mol. The van der Waals surface area contributed by atoms with Gasteiger partial charge < -0.3 is 19.5 Å². The third-order valence-corrected chi connectivity index (χ3v) is 6.39. The van der Waals surface area contributed by atoms with Gasteiger partial charge in [-0.3, -0.25) is 4.79 Å². The van der Waals surface area contributed by atoms with Gasteiger partial charge in [-0.15, -0.1) is 0 Å². The van der Waals surface area contributed by atoms with E-state index in [9.17, 15) is 14.7 Å². The number of amides is 1. The molecule has 0 unspecified atom stereocenters. The molecule has 1 atom stereocenters. The van der Waals surface area contributed by atoms with E-state index in [-0.39, 0.29) is 24.3 Å². The molecular formula is C32H39NO5. The minimum absolute atomic E-state index is 0.0664. The van der Waals surface area contributed by atoms with E-state index in [4.69, 9.17) is 9.47 Å². The number of carbonyl (C=O) groups excluding carboxylic acids is 1. The Labute approximate surface area is 226 Å². The maximum atomic E-state index is 13.3. The Balaban J connectivity index is 1.67. The summed E-state index contributed by atoms with van der Waals surface area (Å²) < 4.78 is 11.1. The lowest BCUT2D eigenvalue weighted by Crippen LogP contribution is -2.34. The molecule has 0 aliphatic heterocycles. The Morgan fingerprint density at radius 3 is 1.87 bits per heavy atom. The van der Waals surface area contributed by atoms with Crippen LogP contribution in [0.2, 0.25) is 0 Å². The van der Waals surface area contributed by atoms with Gasteiger partial charge in [-0.25, -0.2) is 4.79 Å². The lowest BCUT2D eigenvalue weighted by atomic mass is 9.87. The van der Waals surface area contributed by atoms with Crippen LogP contribution in [0.4, 0.5) is 0 Å². The Hall–Kier alpha value is -3.64. The van der Waals surface area contributed by atoms with Gasteiger partial charge in [0.05, 0.1) is 0 Å². The molecule has 6 heteroatoms. The van der Waals surface area contributed by atoms with Crippen LogP contribution in [0.25, 0.3) is 0 Å². The van der Waals surface area contributed by atoms with Crippen molar-refractivity contribution < 1.29 is 24.2 Å². The second kappa shape index (κ2) is 13.2. The summed E-state index contributed by atoms with van der Waals surface area (Å²) in [7, 11) is 0. The van der Waals surface area contributed by atoms with Crippen LogP contribution >= 0.6 is 0 Å². The molecule has 6 nitrogen and oxygen atoms in total. The summed E-state index contributed by atoms with van der Waals surface area (Å²) in [5, 5.41) is 9.30. The van der Waals surface area contributed by atoms with E-state index < -0.39 is 12.1 Å². The minimum Gasteiger partial charge on any atom is -0.484 e. The predicted molar refractivity (Wildman–Crippen MR) is 149 cm³/mol. The fourth-order valence-electron chi connectivity index (χ4n) is 4.07. The standard InChI is InChI=1S/C32H39NO5/c1-6-37-29(31(35)36)19-24-13-17-28(18-14-24)38-22-30(34)33(20-25-9-7-23(2)8-10-25)21-26-11-15-27(16-12-26)32(3,4)5/h7-18,29H,6,19-22H2,1-5H3,(H,35,36)/t29-/m0/s1. The Bertz CT molecular complexity index is 1180. The van der Waals surface area contributed by atoms with E-state index in [2.05, 4.69) is 57.2 Å². The van der Waals surface area contributed by atoms with E-state index in [0.29, 0.717) is 25.4 Å². The number of hydrogen-bond donors (Lipinski definition) is 1. The Kier molecular flexibility index (Phi) is 10.1. The summed E-state index contributed by atoms with van der Waals surface area (Å²) in [6.45, 7) is 11.6. The fraction of sp³-hybridized carbons (Fsp3) is 0.375. The first kappa shape index (κ1) is 28.9. The Morgan fingerprint density at radius 2 is 1.37 bits per heavy atom. The van der Waals surface area contributed by atoms with E-state index in [1.807, 2.05) is 24.0 Å². The molecule has 0 aliphatic rings. The first-order valence-corrected chi connectivity index (χ1v) is 13.0. The number of aryl methyl sites for hydroxylation is 1. The van der Waals surface area contributed by atoms with Gasteiger partial charge >= 0.3 is 5.97 Å². The molecule has 38 heavy (non-hydrogen) atoms. The van der Waals surface area contributed by atoms with Crippen molar-refractivity contribution in [3.05, 3.63) is 101 Å². The van der Waals surface area contributed by atoms with E-state index in [1.165, 1.54) is 11.1 Å². The van der Waals surface area contributed by atoms with Crippen LogP contribution in [0, 0.1) is 6.92 Å². The molecule has 3 aromatic carbocycles. The van der Waals surface area contributed by atoms with Crippen molar-refractivity contribution in [1.82, 2.24) is 4.90 Å². The third kappa shape index (κ3) is 8.73. The van der Waals surface area contributed by atoms with Gasteiger partial charge in [0, 0.05) is 26.1 Å². The number of aliphatic carboxylic acids is 1. The van der Waals surface area contributed by atoms with Gasteiger partial charge in [-0.05, 0) is 53.6 Å². The molecule has 0 radical (unpaired) electrons. The van der Waals surface area contributed by atoms with E-state index >= 15 is 0 Å². The number of carbonyl (C=O) groups is 2. The molecule has 0 saturated heterocycles. The zero-order valence-electron chi connectivity index (χ0n) is 23.1. The molecule has 0 aliphatic carbocycles. The first-order chi connectivity index (χ1) is 18.0. The average molecular weight is 518 g/mol. The summed E-state index contributed by atoms with van der Waals surface area (Å²) >= 11 is 0. The minimum atomic E-state index is -0.987. The summed E-state index contributed by atoms with van der Waals surface area (Å²) in [6.07, 6.45) is -0.623. The van der Waals surface area contributed by atoms with Crippen LogP contribution in [0.1, 0.15) is 55.5 Å². The number of nitrogens with zero attached hydrogens (tertiary/aromatic N) is 1. The zero-order chi connectivity index (χ0) is 27.7. The van der Waals surface area contributed by atoms with Crippen LogP contribution in [0.15, 0.2) is 72.8 Å². The Morgan fingerprint density at radius 1 is 0.842 bits per heavy atom. The van der Waals surface area contributed by atoms with Crippen molar-refractivity contribution >= 4 is 11.9 Å².